The molecule has 2 amide bonds. The second kappa shape index (κ2) is 6.38. The van der Waals surface area contributed by atoms with Crippen molar-refractivity contribution < 1.29 is 14.1 Å². The Kier molecular flexibility index (Phi) is 4.04. The lowest BCUT2D eigenvalue weighted by atomic mass is 10.0. The molecule has 0 spiro atoms. The number of carbonyl (C=O) groups is 2. The number of benzene rings is 1. The summed E-state index contributed by atoms with van der Waals surface area (Å²) in [6, 6.07) is 11.4. The zero-order chi connectivity index (χ0) is 18.1. The van der Waals surface area contributed by atoms with Crippen molar-refractivity contribution >= 4 is 28.3 Å². The third-order valence-electron chi connectivity index (χ3n) is 4.37. The van der Waals surface area contributed by atoms with Crippen LogP contribution in [0, 0.1) is 0 Å². The van der Waals surface area contributed by atoms with Crippen LogP contribution in [0.15, 0.2) is 46.3 Å². The summed E-state index contributed by atoms with van der Waals surface area (Å²) >= 11 is 1.27. The van der Waals surface area contributed by atoms with Gasteiger partial charge in [-0.2, -0.15) is 0 Å². The molecule has 1 saturated carbocycles. The van der Waals surface area contributed by atoms with E-state index in [0.29, 0.717) is 35.1 Å². The lowest BCUT2D eigenvalue weighted by molar-refractivity contribution is -0.119. The number of nitrogens with one attached hydrogen (secondary N) is 1. The summed E-state index contributed by atoms with van der Waals surface area (Å²) in [7, 11) is 0. The van der Waals surface area contributed by atoms with Crippen molar-refractivity contribution in [3.8, 4) is 11.3 Å². The number of thiazole rings is 1. The summed E-state index contributed by atoms with van der Waals surface area (Å²) in [4.78, 5) is 27.9. The number of rotatable bonds is 6. The Morgan fingerprint density at radius 2 is 2.04 bits per heavy atom. The van der Waals surface area contributed by atoms with Gasteiger partial charge in [0.05, 0.1) is 23.2 Å². The van der Waals surface area contributed by atoms with Crippen molar-refractivity contribution in [1.82, 2.24) is 10.1 Å². The Labute approximate surface area is 153 Å². The number of primary amides is 1. The van der Waals surface area contributed by atoms with E-state index in [0.717, 1.165) is 5.56 Å². The fourth-order valence-corrected chi connectivity index (χ4v) is 3.51. The summed E-state index contributed by atoms with van der Waals surface area (Å²) < 4.78 is 5.43. The van der Waals surface area contributed by atoms with E-state index in [1.54, 1.807) is 5.38 Å². The minimum Gasteiger partial charge on any atom is -0.369 e. The van der Waals surface area contributed by atoms with E-state index in [-0.39, 0.29) is 12.3 Å². The molecule has 132 valence electrons. The van der Waals surface area contributed by atoms with Crippen LogP contribution in [0.1, 0.15) is 24.2 Å². The number of hydrogen-bond acceptors (Lipinski definition) is 6. The van der Waals surface area contributed by atoms with Gasteiger partial charge in [-0.05, 0) is 12.8 Å². The van der Waals surface area contributed by atoms with E-state index in [4.69, 9.17) is 10.3 Å². The van der Waals surface area contributed by atoms with Crippen LogP contribution in [0.3, 0.4) is 0 Å². The number of hydrogen-bond donors (Lipinski definition) is 2. The normalized spacial score (nSPS) is 14.8. The summed E-state index contributed by atoms with van der Waals surface area (Å²) in [5, 5.41) is 9.10. The highest BCUT2D eigenvalue weighted by Gasteiger charge is 2.54. The van der Waals surface area contributed by atoms with Crippen LogP contribution in [0.2, 0.25) is 0 Å². The molecule has 0 saturated heterocycles. The van der Waals surface area contributed by atoms with Gasteiger partial charge in [-0.15, -0.1) is 11.3 Å². The molecular weight excluding hydrogens is 352 g/mol. The van der Waals surface area contributed by atoms with Crippen molar-refractivity contribution in [3.63, 3.8) is 0 Å². The summed E-state index contributed by atoms with van der Waals surface area (Å²) in [5.41, 5.74) is 6.58. The van der Waals surface area contributed by atoms with E-state index in [9.17, 15) is 9.59 Å². The Morgan fingerprint density at radius 3 is 2.73 bits per heavy atom. The molecule has 8 heteroatoms. The predicted octanol–water partition coefficient (Wildman–Crippen LogP) is 2.50. The molecule has 0 bridgehead atoms. The molecule has 0 radical (unpaired) electrons. The first kappa shape index (κ1) is 16.5. The molecule has 3 aromatic rings. The maximum absolute atomic E-state index is 12.8. The van der Waals surface area contributed by atoms with Crippen LogP contribution in [0.25, 0.3) is 11.3 Å². The van der Waals surface area contributed by atoms with E-state index in [1.165, 1.54) is 11.3 Å². The molecule has 2 aromatic heterocycles. The molecule has 26 heavy (non-hydrogen) atoms. The van der Waals surface area contributed by atoms with Crippen molar-refractivity contribution in [2.45, 2.75) is 24.7 Å². The van der Waals surface area contributed by atoms with Crippen LogP contribution < -0.4 is 11.1 Å². The average molecular weight is 368 g/mol. The quantitative estimate of drug-likeness (QED) is 0.694. The number of aromatic nitrogens is 2. The second-order valence-corrected chi connectivity index (χ2v) is 7.12. The third kappa shape index (κ3) is 3.11. The number of amides is 2. The van der Waals surface area contributed by atoms with Crippen molar-refractivity contribution in [3.05, 3.63) is 53.2 Å². The largest absolute Gasteiger partial charge is 0.369 e. The van der Waals surface area contributed by atoms with Gasteiger partial charge in [0.25, 0.3) is 0 Å². The standard InChI is InChI=1S/C18H16N4O3S/c19-15(23)8-12-10-26-17(20-12)21-16(24)18(6-7-18)14-9-13(25-22-14)11-4-2-1-3-5-11/h1-5,9-10H,6-8H2,(H2,19,23)(H,20,21,24). The lowest BCUT2D eigenvalue weighted by Crippen LogP contribution is -2.28. The molecule has 2 heterocycles. The number of nitrogens with zero attached hydrogens (tertiary/aromatic N) is 2. The van der Waals surface area contributed by atoms with Gasteiger partial charge in [0, 0.05) is 17.0 Å². The smallest absolute Gasteiger partial charge is 0.238 e. The molecule has 1 aliphatic carbocycles. The summed E-state index contributed by atoms with van der Waals surface area (Å²) in [6.45, 7) is 0. The van der Waals surface area contributed by atoms with Gasteiger partial charge in [-0.25, -0.2) is 4.98 Å². The lowest BCUT2D eigenvalue weighted by Gasteiger charge is -2.10. The predicted molar refractivity (Wildman–Crippen MR) is 96.5 cm³/mol. The van der Waals surface area contributed by atoms with Crippen molar-refractivity contribution in [2.75, 3.05) is 5.32 Å². The molecule has 0 unspecified atom stereocenters. The highest BCUT2D eigenvalue weighted by Crippen LogP contribution is 2.49. The Morgan fingerprint density at radius 1 is 1.27 bits per heavy atom. The van der Waals surface area contributed by atoms with Crippen LogP contribution in [-0.4, -0.2) is 22.0 Å². The third-order valence-corrected chi connectivity index (χ3v) is 5.18. The Balaban J connectivity index is 1.50. The molecule has 4 rings (SSSR count). The van der Waals surface area contributed by atoms with E-state index < -0.39 is 11.3 Å². The fraction of sp³-hybridized carbons (Fsp3) is 0.222. The van der Waals surface area contributed by atoms with E-state index in [1.807, 2.05) is 36.4 Å². The van der Waals surface area contributed by atoms with Gasteiger partial charge in [0.1, 0.15) is 0 Å². The Hall–Kier alpha value is -3.00. The minimum atomic E-state index is -0.675. The minimum absolute atomic E-state index is 0.0568. The highest BCUT2D eigenvalue weighted by atomic mass is 32.1. The molecule has 1 fully saturated rings. The SMILES string of the molecule is NC(=O)Cc1csc(NC(=O)C2(c3cc(-c4ccccc4)on3)CC2)n1. The zero-order valence-corrected chi connectivity index (χ0v) is 14.6. The van der Waals surface area contributed by atoms with Crippen LogP contribution in [0.5, 0.6) is 0 Å². The molecular formula is C18H16N4O3S. The van der Waals surface area contributed by atoms with Crippen molar-refractivity contribution in [1.29, 1.82) is 0 Å². The molecule has 3 N–H and O–H groups in total. The van der Waals surface area contributed by atoms with Gasteiger partial charge in [0.15, 0.2) is 10.9 Å². The Bertz CT molecular complexity index is 960. The molecule has 7 nitrogen and oxygen atoms in total. The monoisotopic (exact) mass is 368 g/mol. The van der Waals surface area contributed by atoms with Gasteiger partial charge < -0.3 is 15.6 Å². The van der Waals surface area contributed by atoms with Gasteiger partial charge in [0.2, 0.25) is 11.8 Å². The molecule has 0 atom stereocenters. The van der Waals surface area contributed by atoms with E-state index in [2.05, 4.69) is 15.5 Å². The maximum Gasteiger partial charge on any atom is 0.238 e. The first-order valence-corrected chi connectivity index (χ1v) is 9.01. The van der Waals surface area contributed by atoms with Gasteiger partial charge in [-0.3, -0.25) is 9.59 Å². The van der Waals surface area contributed by atoms with Crippen LogP contribution in [-0.2, 0) is 21.4 Å². The number of anilines is 1. The number of carbonyl (C=O) groups excluding carboxylic acids is 2. The van der Waals surface area contributed by atoms with E-state index >= 15 is 0 Å². The van der Waals surface area contributed by atoms with Crippen molar-refractivity contribution in [2.24, 2.45) is 5.73 Å². The zero-order valence-electron chi connectivity index (χ0n) is 13.8. The second-order valence-electron chi connectivity index (χ2n) is 6.27. The van der Waals surface area contributed by atoms with Gasteiger partial charge in [-0.1, -0.05) is 35.5 Å². The summed E-state index contributed by atoms with van der Waals surface area (Å²) in [6.07, 6.45) is 1.47. The molecule has 1 aromatic carbocycles. The fourth-order valence-electron chi connectivity index (χ4n) is 2.80. The first-order valence-electron chi connectivity index (χ1n) is 8.14. The van der Waals surface area contributed by atoms with Crippen LogP contribution >= 0.6 is 11.3 Å². The highest BCUT2D eigenvalue weighted by molar-refractivity contribution is 7.14. The van der Waals surface area contributed by atoms with Crippen LogP contribution in [0.4, 0.5) is 5.13 Å². The topological polar surface area (TPSA) is 111 Å². The van der Waals surface area contributed by atoms with Gasteiger partial charge >= 0.3 is 0 Å². The number of nitrogens with two attached hydrogens (primary N) is 1. The summed E-state index contributed by atoms with van der Waals surface area (Å²) in [5.74, 6) is 0.0194. The molecule has 1 aliphatic rings. The molecule has 0 aliphatic heterocycles. The first-order chi connectivity index (χ1) is 12.6. The maximum atomic E-state index is 12.8. The average Bonchev–Trinajstić information content (AvgIpc) is 3.08.